The number of nitrogens with zero attached hydrogens (tertiary/aromatic N) is 2. The van der Waals surface area contributed by atoms with Gasteiger partial charge in [-0.15, -0.1) is 0 Å². The molecule has 2 heterocycles. The van der Waals surface area contributed by atoms with Gasteiger partial charge in [0.25, 0.3) is 0 Å². The molecule has 3 aromatic rings. The van der Waals surface area contributed by atoms with Gasteiger partial charge in [-0.25, -0.2) is 0 Å². The predicted molar refractivity (Wildman–Crippen MR) is 87.9 cm³/mol. The number of pyridine rings is 2. The van der Waals surface area contributed by atoms with Crippen molar-refractivity contribution >= 4 is 12.7 Å². The lowest BCUT2D eigenvalue weighted by Gasteiger charge is -2.11. The van der Waals surface area contributed by atoms with Crippen LogP contribution in [0.1, 0.15) is 0 Å². The second-order valence-corrected chi connectivity index (χ2v) is 4.83. The van der Waals surface area contributed by atoms with Gasteiger partial charge in [-0.1, -0.05) is 37.2 Å². The normalized spacial score (nSPS) is 10.3. The second kappa shape index (κ2) is 5.79. The first kappa shape index (κ1) is 13.4. The molecule has 0 aliphatic carbocycles. The lowest BCUT2D eigenvalue weighted by molar-refractivity contribution is 1.00. The molecule has 0 unspecified atom stereocenters. The Balaban J connectivity index is 2.23. The van der Waals surface area contributed by atoms with E-state index in [4.69, 9.17) is 0 Å². The smallest absolute Gasteiger partial charge is 0.249 e. The Morgan fingerprint density at radius 2 is 1.81 bits per heavy atom. The number of benzene rings is 1. The standard InChI is InChI=1S/C17H15BN2O/c1-18-15-11-13(16-9-5-6-10-19-16)12-20(17(15)21)14-7-3-2-4-8-14/h2-12,18H,1H3. The molecule has 3 rings (SSSR count). The van der Waals surface area contributed by atoms with Gasteiger partial charge in [-0.2, -0.15) is 0 Å². The number of rotatable bonds is 3. The van der Waals surface area contributed by atoms with Gasteiger partial charge in [0.1, 0.15) is 0 Å². The van der Waals surface area contributed by atoms with Crippen molar-refractivity contribution in [2.75, 3.05) is 0 Å². The minimum atomic E-state index is 0.0309. The van der Waals surface area contributed by atoms with Crippen LogP contribution in [0.15, 0.2) is 71.8 Å². The third kappa shape index (κ3) is 2.65. The van der Waals surface area contributed by atoms with Crippen LogP contribution in [0.25, 0.3) is 16.9 Å². The average Bonchev–Trinajstić information content (AvgIpc) is 2.56. The Labute approximate surface area is 124 Å². The van der Waals surface area contributed by atoms with Crippen molar-refractivity contribution in [3.05, 3.63) is 77.3 Å². The van der Waals surface area contributed by atoms with Crippen LogP contribution in [0.3, 0.4) is 0 Å². The molecule has 4 heteroatoms. The molecule has 0 fully saturated rings. The number of hydrogen-bond acceptors (Lipinski definition) is 2. The molecule has 0 bridgehead atoms. The average molecular weight is 274 g/mol. The number of para-hydroxylation sites is 1. The molecule has 3 nitrogen and oxygen atoms in total. The molecule has 102 valence electrons. The maximum absolute atomic E-state index is 12.5. The minimum absolute atomic E-state index is 0.0309. The predicted octanol–water partition coefficient (Wildman–Crippen LogP) is 2.01. The van der Waals surface area contributed by atoms with Gasteiger partial charge >= 0.3 is 0 Å². The first-order valence-corrected chi connectivity index (χ1v) is 7.02. The fraction of sp³-hybridized carbons (Fsp3) is 0.0588. The summed E-state index contributed by atoms with van der Waals surface area (Å²) >= 11 is 0. The highest BCUT2D eigenvalue weighted by Crippen LogP contribution is 2.15. The summed E-state index contributed by atoms with van der Waals surface area (Å²) < 4.78 is 1.70. The first-order chi connectivity index (χ1) is 10.3. The van der Waals surface area contributed by atoms with E-state index in [1.165, 1.54) is 0 Å². The van der Waals surface area contributed by atoms with Crippen molar-refractivity contribution in [3.63, 3.8) is 0 Å². The summed E-state index contributed by atoms with van der Waals surface area (Å²) in [7, 11) is 0.701. The highest BCUT2D eigenvalue weighted by molar-refractivity contribution is 6.51. The van der Waals surface area contributed by atoms with Crippen LogP contribution in [0.4, 0.5) is 0 Å². The van der Waals surface area contributed by atoms with Crippen molar-refractivity contribution in [2.24, 2.45) is 0 Å². The summed E-state index contributed by atoms with van der Waals surface area (Å²) in [4.78, 5) is 16.9. The van der Waals surface area contributed by atoms with Crippen LogP contribution in [0, 0.1) is 0 Å². The summed E-state index contributed by atoms with van der Waals surface area (Å²) in [5, 5.41) is 0. The second-order valence-electron chi connectivity index (χ2n) is 4.83. The topological polar surface area (TPSA) is 34.9 Å². The Morgan fingerprint density at radius 1 is 1.05 bits per heavy atom. The van der Waals surface area contributed by atoms with Crippen LogP contribution in [0.5, 0.6) is 0 Å². The van der Waals surface area contributed by atoms with Crippen molar-refractivity contribution in [1.82, 2.24) is 9.55 Å². The van der Waals surface area contributed by atoms with Gasteiger partial charge in [0, 0.05) is 23.6 Å². The molecule has 0 N–H and O–H groups in total. The van der Waals surface area contributed by atoms with Gasteiger partial charge in [0.05, 0.1) is 5.69 Å². The SMILES string of the molecule is CBc1cc(-c2ccccn2)cn(-c2ccccc2)c1=O. The van der Waals surface area contributed by atoms with E-state index in [0.717, 1.165) is 22.4 Å². The first-order valence-electron chi connectivity index (χ1n) is 7.02. The minimum Gasteiger partial charge on any atom is -0.284 e. The van der Waals surface area contributed by atoms with E-state index in [-0.39, 0.29) is 5.56 Å². The Hall–Kier alpha value is -2.62. The summed E-state index contributed by atoms with van der Waals surface area (Å²) in [6, 6.07) is 17.4. The maximum Gasteiger partial charge on any atom is 0.249 e. The molecule has 21 heavy (non-hydrogen) atoms. The molecule has 0 aliphatic rings. The van der Waals surface area contributed by atoms with Gasteiger partial charge in [0.15, 0.2) is 7.28 Å². The van der Waals surface area contributed by atoms with E-state index in [1.807, 2.05) is 67.6 Å². The highest BCUT2D eigenvalue weighted by Gasteiger charge is 2.09. The van der Waals surface area contributed by atoms with Crippen molar-refractivity contribution < 1.29 is 0 Å². The summed E-state index contributed by atoms with van der Waals surface area (Å²) in [6.07, 6.45) is 3.62. The van der Waals surface area contributed by atoms with Gasteiger partial charge in [-0.3, -0.25) is 14.3 Å². The largest absolute Gasteiger partial charge is 0.284 e. The Bertz CT molecular complexity index is 798. The van der Waals surface area contributed by atoms with E-state index >= 15 is 0 Å². The van der Waals surface area contributed by atoms with E-state index in [9.17, 15) is 4.79 Å². The van der Waals surface area contributed by atoms with Crippen LogP contribution in [-0.2, 0) is 0 Å². The van der Waals surface area contributed by atoms with Crippen LogP contribution >= 0.6 is 0 Å². The molecule has 0 atom stereocenters. The molecular formula is C17H15BN2O. The molecular weight excluding hydrogens is 259 g/mol. The van der Waals surface area contributed by atoms with E-state index < -0.39 is 0 Å². The van der Waals surface area contributed by atoms with Gasteiger partial charge < -0.3 is 0 Å². The quantitative estimate of drug-likeness (QED) is 0.685. The van der Waals surface area contributed by atoms with Crippen LogP contribution in [-0.4, -0.2) is 16.8 Å². The maximum atomic E-state index is 12.5. The third-order valence-corrected chi connectivity index (χ3v) is 3.47. The summed E-state index contributed by atoms with van der Waals surface area (Å²) in [6.45, 7) is 1.99. The van der Waals surface area contributed by atoms with Crippen molar-refractivity contribution in [3.8, 4) is 16.9 Å². The molecule has 2 aromatic heterocycles. The fourth-order valence-corrected chi connectivity index (χ4v) is 2.35. The zero-order chi connectivity index (χ0) is 14.7. The molecule has 0 spiro atoms. The highest BCUT2D eigenvalue weighted by atomic mass is 16.1. The molecule has 1 aromatic carbocycles. The third-order valence-electron chi connectivity index (χ3n) is 3.47. The monoisotopic (exact) mass is 274 g/mol. The van der Waals surface area contributed by atoms with Gasteiger partial charge in [-0.05, 0) is 29.7 Å². The van der Waals surface area contributed by atoms with Crippen molar-refractivity contribution in [1.29, 1.82) is 0 Å². The Morgan fingerprint density at radius 3 is 2.48 bits per heavy atom. The van der Waals surface area contributed by atoms with Crippen molar-refractivity contribution in [2.45, 2.75) is 6.82 Å². The Kier molecular flexibility index (Phi) is 3.69. The zero-order valence-corrected chi connectivity index (χ0v) is 11.9. The molecule has 0 amide bonds. The fourth-order valence-electron chi connectivity index (χ4n) is 2.35. The lowest BCUT2D eigenvalue weighted by Crippen LogP contribution is -2.36. The van der Waals surface area contributed by atoms with Crippen LogP contribution < -0.4 is 11.0 Å². The summed E-state index contributed by atoms with van der Waals surface area (Å²) in [5.74, 6) is 0. The van der Waals surface area contributed by atoms with E-state index in [2.05, 4.69) is 4.98 Å². The molecule has 0 saturated heterocycles. The molecule has 0 radical (unpaired) electrons. The van der Waals surface area contributed by atoms with E-state index in [0.29, 0.717) is 7.28 Å². The van der Waals surface area contributed by atoms with Crippen LogP contribution in [0.2, 0.25) is 6.82 Å². The molecule has 0 aliphatic heterocycles. The lowest BCUT2D eigenvalue weighted by atomic mass is 9.73. The zero-order valence-electron chi connectivity index (χ0n) is 11.9. The van der Waals surface area contributed by atoms with E-state index in [1.54, 1.807) is 10.8 Å². The summed E-state index contributed by atoms with van der Waals surface area (Å²) in [5.41, 5.74) is 3.52. The van der Waals surface area contributed by atoms with Gasteiger partial charge in [0.2, 0.25) is 5.56 Å². The molecule has 0 saturated carbocycles. The number of aromatic nitrogens is 2. The number of hydrogen-bond donors (Lipinski definition) is 0.